The lowest BCUT2D eigenvalue weighted by Gasteiger charge is -2.09. The second-order valence-electron chi connectivity index (χ2n) is 6.03. The highest BCUT2D eigenvalue weighted by Gasteiger charge is 2.17. The molecule has 8 heteroatoms. The fourth-order valence-electron chi connectivity index (χ4n) is 2.87. The number of hydrogen-bond acceptors (Lipinski definition) is 5. The minimum Gasteiger partial charge on any atom is -0.494 e. The molecule has 0 amide bonds. The zero-order valence-electron chi connectivity index (χ0n) is 14.3. The van der Waals surface area contributed by atoms with E-state index in [1.54, 1.807) is 47.3 Å². The molecule has 4 rings (SSSR count). The van der Waals surface area contributed by atoms with Gasteiger partial charge >= 0.3 is 0 Å². The predicted molar refractivity (Wildman–Crippen MR) is 100 cm³/mol. The van der Waals surface area contributed by atoms with Crippen LogP contribution in [0.5, 0.6) is 17.4 Å². The maximum atomic E-state index is 10.4. The summed E-state index contributed by atoms with van der Waals surface area (Å²) in [5.41, 5.74) is 2.42. The minimum atomic E-state index is 0.110. The predicted octanol–water partition coefficient (Wildman–Crippen LogP) is 4.14. The summed E-state index contributed by atoms with van der Waals surface area (Å²) in [4.78, 5) is 4.24. The van der Waals surface area contributed by atoms with Crippen LogP contribution < -0.4 is 4.74 Å². The first kappa shape index (κ1) is 16.9. The van der Waals surface area contributed by atoms with E-state index < -0.39 is 0 Å². The molecule has 0 unspecified atom stereocenters. The number of nitrogens with one attached hydrogen (secondary N) is 1. The maximum absolute atomic E-state index is 10.4. The molecule has 0 radical (unpaired) electrons. The second-order valence-corrected chi connectivity index (χ2v) is 6.47. The van der Waals surface area contributed by atoms with Gasteiger partial charge in [0.05, 0.1) is 34.8 Å². The third-order valence-electron chi connectivity index (χ3n) is 4.13. The minimum absolute atomic E-state index is 0.110. The lowest BCUT2D eigenvalue weighted by molar-refractivity contribution is 0.425. The van der Waals surface area contributed by atoms with Crippen LogP contribution >= 0.6 is 11.6 Å². The molecule has 0 spiro atoms. The average Bonchev–Trinajstić information content (AvgIpc) is 3.16. The fraction of sp³-hybridized carbons (Fsp3) is 0.105. The highest BCUT2D eigenvalue weighted by molar-refractivity contribution is 6.30. The van der Waals surface area contributed by atoms with Crippen molar-refractivity contribution in [2.45, 2.75) is 13.5 Å². The second kappa shape index (κ2) is 6.67. The first-order valence-corrected chi connectivity index (χ1v) is 8.48. The van der Waals surface area contributed by atoms with Gasteiger partial charge in [-0.2, -0.15) is 10.4 Å². The van der Waals surface area contributed by atoms with E-state index in [2.05, 4.69) is 15.2 Å². The molecule has 7 nitrogen and oxygen atoms in total. The number of aromatic hydroxyl groups is 1. The lowest BCUT2D eigenvalue weighted by atomic mass is 10.2. The number of aromatic amines is 1. The van der Waals surface area contributed by atoms with Gasteiger partial charge < -0.3 is 14.4 Å². The Bertz CT molecular complexity index is 1190. The standard InChI is InChI=1S/C19H14ClN5O2/c1-11-18(27-14-6-12(8-21)5-13(20)7-14)17(24-23-11)10-25-9-16-15(19(25)26)3-2-4-22-16/h2-7,9,26H,10H2,1H3,(H,23,24). The van der Waals surface area contributed by atoms with E-state index in [9.17, 15) is 5.11 Å². The van der Waals surface area contributed by atoms with Gasteiger partial charge in [-0.05, 0) is 37.3 Å². The van der Waals surface area contributed by atoms with Crippen molar-refractivity contribution in [1.29, 1.82) is 5.26 Å². The van der Waals surface area contributed by atoms with Crippen molar-refractivity contribution in [2.24, 2.45) is 0 Å². The Morgan fingerprint density at radius 3 is 3.00 bits per heavy atom. The van der Waals surface area contributed by atoms with Gasteiger partial charge in [0.15, 0.2) is 5.75 Å². The van der Waals surface area contributed by atoms with Gasteiger partial charge in [-0.1, -0.05) is 11.6 Å². The molecular formula is C19H14ClN5O2. The van der Waals surface area contributed by atoms with Crippen molar-refractivity contribution in [1.82, 2.24) is 19.7 Å². The summed E-state index contributed by atoms with van der Waals surface area (Å²) in [7, 11) is 0. The van der Waals surface area contributed by atoms with Gasteiger partial charge in [0.1, 0.15) is 11.4 Å². The number of aromatic nitrogens is 4. The van der Waals surface area contributed by atoms with Crippen molar-refractivity contribution in [2.75, 3.05) is 0 Å². The number of H-pyrrole nitrogens is 1. The Kier molecular flexibility index (Phi) is 4.18. The first-order chi connectivity index (χ1) is 13.0. The molecule has 0 aliphatic rings. The third kappa shape index (κ3) is 3.18. The summed E-state index contributed by atoms with van der Waals surface area (Å²) in [6.07, 6.45) is 3.43. The van der Waals surface area contributed by atoms with Crippen LogP contribution in [-0.4, -0.2) is 24.9 Å². The van der Waals surface area contributed by atoms with Crippen molar-refractivity contribution in [3.63, 3.8) is 0 Å². The zero-order chi connectivity index (χ0) is 19.0. The fourth-order valence-corrected chi connectivity index (χ4v) is 3.10. The Balaban J connectivity index is 1.69. The van der Waals surface area contributed by atoms with Crippen molar-refractivity contribution >= 4 is 22.5 Å². The van der Waals surface area contributed by atoms with Gasteiger partial charge in [0, 0.05) is 17.4 Å². The number of nitrogens with zero attached hydrogens (tertiary/aromatic N) is 4. The van der Waals surface area contributed by atoms with Gasteiger partial charge in [-0.25, -0.2) is 0 Å². The number of pyridine rings is 1. The molecule has 0 aliphatic carbocycles. The topological polar surface area (TPSA) is 99.8 Å². The van der Waals surface area contributed by atoms with Gasteiger partial charge in [0.2, 0.25) is 5.88 Å². The molecule has 27 heavy (non-hydrogen) atoms. The molecule has 0 fully saturated rings. The van der Waals surface area contributed by atoms with E-state index in [0.29, 0.717) is 38.7 Å². The smallest absolute Gasteiger partial charge is 0.201 e. The van der Waals surface area contributed by atoms with Crippen molar-refractivity contribution < 1.29 is 9.84 Å². The summed E-state index contributed by atoms with van der Waals surface area (Å²) in [5.74, 6) is 1.07. The monoisotopic (exact) mass is 379 g/mol. The molecule has 0 aliphatic heterocycles. The third-order valence-corrected chi connectivity index (χ3v) is 4.35. The van der Waals surface area contributed by atoms with Crippen LogP contribution in [-0.2, 0) is 6.54 Å². The summed E-state index contributed by atoms with van der Waals surface area (Å²) < 4.78 is 7.60. The number of hydrogen-bond donors (Lipinski definition) is 2. The number of rotatable bonds is 4. The molecule has 0 saturated heterocycles. The highest BCUT2D eigenvalue weighted by Crippen LogP contribution is 2.32. The number of aryl methyl sites for hydroxylation is 1. The SMILES string of the molecule is Cc1[nH]nc(Cn2cc3ncccc3c2O)c1Oc1cc(Cl)cc(C#N)c1. The van der Waals surface area contributed by atoms with Crippen LogP contribution in [0.3, 0.4) is 0 Å². The summed E-state index contributed by atoms with van der Waals surface area (Å²) in [5, 5.41) is 27.8. The molecule has 3 aromatic heterocycles. The Morgan fingerprint density at radius 2 is 2.22 bits per heavy atom. The number of ether oxygens (including phenoxy) is 1. The summed E-state index contributed by atoms with van der Waals surface area (Å²) >= 11 is 6.05. The first-order valence-electron chi connectivity index (χ1n) is 8.10. The van der Waals surface area contributed by atoms with Crippen LogP contribution in [0.4, 0.5) is 0 Å². The quantitative estimate of drug-likeness (QED) is 0.555. The van der Waals surface area contributed by atoms with E-state index in [1.165, 1.54) is 0 Å². The van der Waals surface area contributed by atoms with Crippen LogP contribution in [0.2, 0.25) is 5.02 Å². The molecule has 0 bridgehead atoms. The van der Waals surface area contributed by atoms with Gasteiger partial charge in [-0.15, -0.1) is 0 Å². The van der Waals surface area contributed by atoms with Crippen LogP contribution in [0.15, 0.2) is 42.7 Å². The molecule has 4 aromatic rings. The Labute approximate surface area is 159 Å². The van der Waals surface area contributed by atoms with E-state index in [0.717, 1.165) is 5.69 Å². The summed E-state index contributed by atoms with van der Waals surface area (Å²) in [6, 6.07) is 10.4. The molecule has 0 atom stereocenters. The van der Waals surface area contributed by atoms with Crippen molar-refractivity contribution in [3.05, 3.63) is 64.7 Å². The van der Waals surface area contributed by atoms with E-state index >= 15 is 0 Å². The normalized spacial score (nSPS) is 10.9. The average molecular weight is 380 g/mol. The van der Waals surface area contributed by atoms with Crippen LogP contribution in [0.25, 0.3) is 10.9 Å². The van der Waals surface area contributed by atoms with E-state index in [4.69, 9.17) is 21.6 Å². The molecule has 3 heterocycles. The molecule has 1 aromatic carbocycles. The lowest BCUT2D eigenvalue weighted by Crippen LogP contribution is -2.00. The number of nitriles is 1. The van der Waals surface area contributed by atoms with Crippen molar-refractivity contribution in [3.8, 4) is 23.4 Å². The van der Waals surface area contributed by atoms with E-state index in [-0.39, 0.29) is 12.4 Å². The van der Waals surface area contributed by atoms with Gasteiger partial charge in [0.25, 0.3) is 0 Å². The number of benzene rings is 1. The molecule has 0 saturated carbocycles. The number of fused-ring (bicyclic) bond motifs is 1. The van der Waals surface area contributed by atoms with Crippen LogP contribution in [0.1, 0.15) is 17.0 Å². The Morgan fingerprint density at radius 1 is 1.37 bits per heavy atom. The van der Waals surface area contributed by atoms with E-state index in [1.807, 2.05) is 13.0 Å². The summed E-state index contributed by atoms with van der Waals surface area (Å²) in [6.45, 7) is 2.11. The largest absolute Gasteiger partial charge is 0.494 e. The van der Waals surface area contributed by atoms with Crippen LogP contribution in [0, 0.1) is 18.3 Å². The molecule has 2 N–H and O–H groups in total. The Hall–Kier alpha value is -3.50. The maximum Gasteiger partial charge on any atom is 0.201 e. The zero-order valence-corrected chi connectivity index (χ0v) is 15.0. The number of halogens is 1. The molecule has 134 valence electrons. The van der Waals surface area contributed by atoms with Gasteiger partial charge in [-0.3, -0.25) is 10.1 Å². The highest BCUT2D eigenvalue weighted by atomic mass is 35.5. The molecular weight excluding hydrogens is 366 g/mol.